The van der Waals surface area contributed by atoms with Crippen LogP contribution in [-0.4, -0.2) is 37.2 Å². The van der Waals surface area contributed by atoms with Crippen molar-refractivity contribution in [1.29, 1.82) is 0 Å². The standard InChI is InChI=1S/C15H25ClN2O/c1-4-18(5-2)8-9-19-15-7-6-13(10-12(3)17)11-14(15)16/h6-7,11-12H,4-5,8-10,17H2,1-3H3. The van der Waals surface area contributed by atoms with Crippen molar-refractivity contribution in [3.63, 3.8) is 0 Å². The van der Waals surface area contributed by atoms with Crippen molar-refractivity contribution in [3.05, 3.63) is 28.8 Å². The first-order chi connectivity index (χ1) is 9.06. The zero-order chi connectivity index (χ0) is 14.3. The van der Waals surface area contributed by atoms with Crippen LogP contribution in [0.1, 0.15) is 26.3 Å². The first kappa shape index (κ1) is 16.3. The molecule has 1 atom stereocenters. The molecule has 2 N–H and O–H groups in total. The van der Waals surface area contributed by atoms with E-state index in [9.17, 15) is 0 Å². The first-order valence-electron chi connectivity index (χ1n) is 6.96. The number of rotatable bonds is 8. The highest BCUT2D eigenvalue weighted by atomic mass is 35.5. The molecule has 4 heteroatoms. The van der Waals surface area contributed by atoms with Gasteiger partial charge in [-0.1, -0.05) is 31.5 Å². The van der Waals surface area contributed by atoms with Crippen molar-refractivity contribution in [2.45, 2.75) is 33.2 Å². The summed E-state index contributed by atoms with van der Waals surface area (Å²) < 4.78 is 5.73. The summed E-state index contributed by atoms with van der Waals surface area (Å²) in [5.41, 5.74) is 6.93. The quantitative estimate of drug-likeness (QED) is 0.798. The van der Waals surface area contributed by atoms with E-state index in [2.05, 4.69) is 18.7 Å². The van der Waals surface area contributed by atoms with E-state index in [1.807, 2.05) is 25.1 Å². The maximum atomic E-state index is 6.22. The number of likely N-dealkylation sites (N-methyl/N-ethyl adjacent to an activating group) is 1. The van der Waals surface area contributed by atoms with Gasteiger partial charge in [0.1, 0.15) is 12.4 Å². The monoisotopic (exact) mass is 284 g/mol. The second-order valence-corrected chi connectivity index (χ2v) is 5.23. The molecule has 0 aliphatic heterocycles. The van der Waals surface area contributed by atoms with Crippen LogP contribution in [-0.2, 0) is 6.42 Å². The Balaban J connectivity index is 2.50. The molecule has 1 rings (SSSR count). The summed E-state index contributed by atoms with van der Waals surface area (Å²) in [5.74, 6) is 0.752. The van der Waals surface area contributed by atoms with Crippen LogP contribution in [0.25, 0.3) is 0 Å². The summed E-state index contributed by atoms with van der Waals surface area (Å²) in [6.45, 7) is 9.96. The third-order valence-corrected chi connectivity index (χ3v) is 3.41. The molecule has 1 aromatic rings. The van der Waals surface area contributed by atoms with Crippen LogP contribution >= 0.6 is 11.6 Å². The SMILES string of the molecule is CCN(CC)CCOc1ccc(CC(C)N)cc1Cl. The predicted molar refractivity (Wildman–Crippen MR) is 82.1 cm³/mol. The minimum atomic E-state index is 0.144. The van der Waals surface area contributed by atoms with Crippen LogP contribution in [0.15, 0.2) is 18.2 Å². The Kier molecular flexibility index (Phi) is 7.21. The van der Waals surface area contributed by atoms with E-state index in [4.69, 9.17) is 22.1 Å². The fourth-order valence-electron chi connectivity index (χ4n) is 1.98. The average Bonchev–Trinajstić information content (AvgIpc) is 2.36. The van der Waals surface area contributed by atoms with E-state index in [0.29, 0.717) is 11.6 Å². The van der Waals surface area contributed by atoms with Gasteiger partial charge in [0.05, 0.1) is 5.02 Å². The van der Waals surface area contributed by atoms with Crippen molar-refractivity contribution in [2.24, 2.45) is 5.73 Å². The van der Waals surface area contributed by atoms with Gasteiger partial charge in [-0.15, -0.1) is 0 Å². The van der Waals surface area contributed by atoms with Gasteiger partial charge in [0.15, 0.2) is 0 Å². The van der Waals surface area contributed by atoms with E-state index in [0.717, 1.165) is 37.4 Å². The van der Waals surface area contributed by atoms with Gasteiger partial charge in [-0.3, -0.25) is 0 Å². The van der Waals surface area contributed by atoms with Crippen LogP contribution in [0.5, 0.6) is 5.75 Å². The molecule has 1 unspecified atom stereocenters. The lowest BCUT2D eigenvalue weighted by molar-refractivity contribution is 0.223. The van der Waals surface area contributed by atoms with Gasteiger partial charge in [-0.05, 0) is 44.1 Å². The smallest absolute Gasteiger partial charge is 0.137 e. The van der Waals surface area contributed by atoms with Crippen LogP contribution in [0.3, 0.4) is 0 Å². The van der Waals surface area contributed by atoms with Gasteiger partial charge < -0.3 is 15.4 Å². The van der Waals surface area contributed by atoms with Gasteiger partial charge in [-0.2, -0.15) is 0 Å². The molecule has 3 nitrogen and oxygen atoms in total. The number of hydrogen-bond acceptors (Lipinski definition) is 3. The average molecular weight is 285 g/mol. The van der Waals surface area contributed by atoms with Crippen molar-refractivity contribution < 1.29 is 4.74 Å². The summed E-state index contributed by atoms with van der Waals surface area (Å²) in [6.07, 6.45) is 0.833. The number of nitrogens with two attached hydrogens (primary N) is 1. The summed E-state index contributed by atoms with van der Waals surface area (Å²) in [6, 6.07) is 6.05. The highest BCUT2D eigenvalue weighted by molar-refractivity contribution is 6.32. The molecule has 1 aromatic carbocycles. The Hall–Kier alpha value is -0.770. The Morgan fingerprint density at radius 3 is 2.53 bits per heavy atom. The zero-order valence-corrected chi connectivity index (χ0v) is 12.9. The molecular formula is C15H25ClN2O. The van der Waals surface area contributed by atoms with Crippen molar-refractivity contribution >= 4 is 11.6 Å². The highest BCUT2D eigenvalue weighted by Crippen LogP contribution is 2.25. The molecule has 19 heavy (non-hydrogen) atoms. The number of nitrogens with zero attached hydrogens (tertiary/aromatic N) is 1. The summed E-state index contributed by atoms with van der Waals surface area (Å²) in [4.78, 5) is 2.32. The molecule has 0 spiro atoms. The molecule has 0 amide bonds. The molecule has 0 heterocycles. The molecule has 0 radical (unpaired) electrons. The molecule has 0 bridgehead atoms. The fraction of sp³-hybridized carbons (Fsp3) is 0.600. The lowest BCUT2D eigenvalue weighted by atomic mass is 10.1. The first-order valence-corrected chi connectivity index (χ1v) is 7.33. The van der Waals surface area contributed by atoms with Gasteiger partial charge in [0.2, 0.25) is 0 Å². The number of benzene rings is 1. The minimum absolute atomic E-state index is 0.144. The van der Waals surface area contributed by atoms with Gasteiger partial charge in [-0.25, -0.2) is 0 Å². The molecule has 0 aromatic heterocycles. The number of ether oxygens (including phenoxy) is 1. The third kappa shape index (κ3) is 5.81. The van der Waals surface area contributed by atoms with Crippen LogP contribution in [0.4, 0.5) is 0 Å². The maximum absolute atomic E-state index is 6.22. The summed E-state index contributed by atoms with van der Waals surface area (Å²) in [5, 5.41) is 0.665. The highest BCUT2D eigenvalue weighted by Gasteiger charge is 2.06. The number of halogens is 1. The minimum Gasteiger partial charge on any atom is -0.491 e. The largest absolute Gasteiger partial charge is 0.491 e. The van der Waals surface area contributed by atoms with Crippen molar-refractivity contribution in [3.8, 4) is 5.75 Å². The Morgan fingerprint density at radius 2 is 2.00 bits per heavy atom. The topological polar surface area (TPSA) is 38.5 Å². The van der Waals surface area contributed by atoms with Gasteiger partial charge >= 0.3 is 0 Å². The third-order valence-electron chi connectivity index (χ3n) is 3.11. The van der Waals surface area contributed by atoms with Crippen molar-refractivity contribution in [1.82, 2.24) is 4.90 Å². The van der Waals surface area contributed by atoms with Gasteiger partial charge in [0.25, 0.3) is 0 Å². The Morgan fingerprint density at radius 1 is 1.32 bits per heavy atom. The summed E-state index contributed by atoms with van der Waals surface area (Å²) >= 11 is 6.22. The lowest BCUT2D eigenvalue weighted by Crippen LogP contribution is -2.27. The van der Waals surface area contributed by atoms with E-state index in [-0.39, 0.29) is 6.04 Å². The lowest BCUT2D eigenvalue weighted by Gasteiger charge is -2.18. The van der Waals surface area contributed by atoms with Crippen LogP contribution < -0.4 is 10.5 Å². The molecule has 0 aliphatic carbocycles. The van der Waals surface area contributed by atoms with Gasteiger partial charge in [0, 0.05) is 12.6 Å². The van der Waals surface area contributed by atoms with E-state index < -0.39 is 0 Å². The van der Waals surface area contributed by atoms with Crippen LogP contribution in [0.2, 0.25) is 5.02 Å². The van der Waals surface area contributed by atoms with E-state index in [1.165, 1.54) is 0 Å². The van der Waals surface area contributed by atoms with E-state index in [1.54, 1.807) is 0 Å². The van der Waals surface area contributed by atoms with Crippen molar-refractivity contribution in [2.75, 3.05) is 26.2 Å². The summed E-state index contributed by atoms with van der Waals surface area (Å²) in [7, 11) is 0. The molecule has 0 saturated carbocycles. The fourth-order valence-corrected chi connectivity index (χ4v) is 2.24. The molecule has 0 saturated heterocycles. The Labute approximate surface area is 121 Å². The molecule has 108 valence electrons. The molecular weight excluding hydrogens is 260 g/mol. The maximum Gasteiger partial charge on any atom is 0.137 e. The normalized spacial score (nSPS) is 12.7. The zero-order valence-electron chi connectivity index (χ0n) is 12.2. The predicted octanol–water partition coefficient (Wildman–Crippen LogP) is 2.95. The number of hydrogen-bond donors (Lipinski definition) is 1. The second kappa shape index (κ2) is 8.41. The second-order valence-electron chi connectivity index (χ2n) is 4.82. The van der Waals surface area contributed by atoms with Crippen LogP contribution in [0, 0.1) is 0 Å². The molecule has 0 aliphatic rings. The Bertz CT molecular complexity index is 378. The molecule has 0 fully saturated rings. The van der Waals surface area contributed by atoms with E-state index >= 15 is 0 Å².